The van der Waals surface area contributed by atoms with Gasteiger partial charge in [-0.15, -0.1) is 0 Å². The molecule has 6 heteroatoms. The zero-order valence-electron chi connectivity index (χ0n) is 16.1. The zero-order valence-corrected chi connectivity index (χ0v) is 16.1. The SMILES string of the molecule is CCC(C)N.CCC(C)N.O=C(O)CCCCCCCCC(=O)O. The Balaban J connectivity index is -0.000000361. The smallest absolute Gasteiger partial charge is 0.303 e. The van der Waals surface area contributed by atoms with Gasteiger partial charge in [-0.05, 0) is 39.5 Å². The number of rotatable bonds is 11. The van der Waals surface area contributed by atoms with Crippen molar-refractivity contribution in [1.29, 1.82) is 0 Å². The molecule has 24 heavy (non-hydrogen) atoms. The minimum absolute atomic E-state index is 0.245. The second-order valence-corrected chi connectivity index (χ2v) is 6.18. The molecule has 0 aliphatic carbocycles. The molecule has 2 atom stereocenters. The van der Waals surface area contributed by atoms with Gasteiger partial charge in [0, 0.05) is 24.9 Å². The van der Waals surface area contributed by atoms with E-state index in [9.17, 15) is 9.59 Å². The predicted octanol–water partition coefficient (Wildman–Crippen LogP) is 3.76. The first-order valence-corrected chi connectivity index (χ1v) is 9.11. The molecule has 0 heterocycles. The number of aliphatic carboxylic acids is 2. The topological polar surface area (TPSA) is 127 Å². The third kappa shape index (κ3) is 42.8. The van der Waals surface area contributed by atoms with Gasteiger partial charge >= 0.3 is 11.9 Å². The Bertz CT molecular complexity index is 254. The van der Waals surface area contributed by atoms with Crippen LogP contribution in [-0.4, -0.2) is 34.2 Å². The largest absolute Gasteiger partial charge is 0.481 e. The lowest BCUT2D eigenvalue weighted by Gasteiger charge is -1.98. The van der Waals surface area contributed by atoms with E-state index in [1.54, 1.807) is 0 Å². The fourth-order valence-electron chi connectivity index (χ4n) is 1.26. The molecule has 0 aliphatic rings. The van der Waals surface area contributed by atoms with E-state index >= 15 is 0 Å². The average molecular weight is 349 g/mol. The fraction of sp³-hybridized carbons (Fsp3) is 0.889. The summed E-state index contributed by atoms with van der Waals surface area (Å²) in [5.74, 6) is -1.48. The standard InChI is InChI=1S/C10H18O4.2C4H11N/c11-9(12)7-5-3-1-2-4-6-8-10(13)14;2*1-3-4(2)5/h1-8H2,(H,11,12)(H,13,14);2*4H,3,5H2,1-2H3. The predicted molar refractivity (Wildman–Crippen MR) is 100 cm³/mol. The summed E-state index contributed by atoms with van der Waals surface area (Å²) in [6, 6.07) is 0.769. The van der Waals surface area contributed by atoms with Crippen molar-refractivity contribution in [2.45, 2.75) is 104 Å². The van der Waals surface area contributed by atoms with Crippen LogP contribution in [0.2, 0.25) is 0 Å². The lowest BCUT2D eigenvalue weighted by atomic mass is 10.1. The molecule has 146 valence electrons. The van der Waals surface area contributed by atoms with Crippen molar-refractivity contribution in [1.82, 2.24) is 0 Å². The molecular weight excluding hydrogens is 308 g/mol. The fourth-order valence-corrected chi connectivity index (χ4v) is 1.26. The van der Waals surface area contributed by atoms with E-state index in [4.69, 9.17) is 21.7 Å². The Morgan fingerprint density at radius 2 is 0.917 bits per heavy atom. The molecule has 6 N–H and O–H groups in total. The highest BCUT2D eigenvalue weighted by atomic mass is 16.4. The molecule has 0 aromatic rings. The van der Waals surface area contributed by atoms with E-state index in [1.165, 1.54) is 0 Å². The maximum atomic E-state index is 10.1. The average Bonchev–Trinajstić information content (AvgIpc) is 2.50. The van der Waals surface area contributed by atoms with Gasteiger partial charge in [0.15, 0.2) is 0 Å². The van der Waals surface area contributed by atoms with Crippen molar-refractivity contribution in [3.8, 4) is 0 Å². The first-order valence-electron chi connectivity index (χ1n) is 9.11. The molecule has 0 saturated heterocycles. The number of carboxylic acids is 2. The van der Waals surface area contributed by atoms with Crippen molar-refractivity contribution in [2.75, 3.05) is 0 Å². The van der Waals surface area contributed by atoms with Crippen LogP contribution in [0.15, 0.2) is 0 Å². The second kappa shape index (κ2) is 21.9. The van der Waals surface area contributed by atoms with Gasteiger partial charge in [-0.2, -0.15) is 0 Å². The van der Waals surface area contributed by atoms with Gasteiger partial charge < -0.3 is 21.7 Å². The highest BCUT2D eigenvalue weighted by Crippen LogP contribution is 2.08. The Labute approximate surface area is 148 Å². The number of hydrogen-bond acceptors (Lipinski definition) is 4. The number of carboxylic acid groups (broad SMARTS) is 2. The Morgan fingerprint density at radius 1 is 0.708 bits per heavy atom. The molecule has 0 spiro atoms. The number of carbonyl (C=O) groups is 2. The van der Waals surface area contributed by atoms with Crippen LogP contribution in [0.5, 0.6) is 0 Å². The highest BCUT2D eigenvalue weighted by Gasteiger charge is 1.98. The third-order valence-electron chi connectivity index (χ3n) is 3.32. The normalized spacial score (nSPS) is 12.1. The van der Waals surface area contributed by atoms with Crippen LogP contribution in [-0.2, 0) is 9.59 Å². The van der Waals surface area contributed by atoms with Gasteiger partial charge in [-0.1, -0.05) is 39.5 Å². The summed E-state index contributed by atoms with van der Waals surface area (Å²) in [4.78, 5) is 20.3. The Morgan fingerprint density at radius 3 is 1.08 bits per heavy atom. The Hall–Kier alpha value is -1.14. The maximum absolute atomic E-state index is 10.1. The quantitative estimate of drug-likeness (QED) is 0.421. The lowest BCUT2D eigenvalue weighted by molar-refractivity contribution is -0.138. The first-order chi connectivity index (χ1) is 11.2. The summed E-state index contributed by atoms with van der Waals surface area (Å²) >= 11 is 0. The maximum Gasteiger partial charge on any atom is 0.303 e. The van der Waals surface area contributed by atoms with E-state index in [1.807, 2.05) is 13.8 Å². The van der Waals surface area contributed by atoms with Crippen LogP contribution >= 0.6 is 0 Å². The molecule has 0 fully saturated rings. The van der Waals surface area contributed by atoms with Crippen LogP contribution in [0, 0.1) is 0 Å². The lowest BCUT2D eigenvalue weighted by Crippen LogP contribution is -2.11. The van der Waals surface area contributed by atoms with E-state index in [0.29, 0.717) is 12.1 Å². The van der Waals surface area contributed by atoms with Gasteiger partial charge in [0.05, 0.1) is 0 Å². The summed E-state index contributed by atoms with van der Waals surface area (Å²) in [7, 11) is 0. The van der Waals surface area contributed by atoms with Crippen molar-refractivity contribution >= 4 is 11.9 Å². The van der Waals surface area contributed by atoms with E-state index in [0.717, 1.165) is 51.4 Å². The van der Waals surface area contributed by atoms with Gasteiger partial charge in [0.25, 0.3) is 0 Å². The zero-order chi connectivity index (χ0) is 19.4. The second-order valence-electron chi connectivity index (χ2n) is 6.18. The van der Waals surface area contributed by atoms with Gasteiger partial charge in [-0.3, -0.25) is 9.59 Å². The molecular formula is C18H40N2O4. The molecule has 0 radical (unpaired) electrons. The van der Waals surface area contributed by atoms with E-state index in [-0.39, 0.29) is 12.8 Å². The number of unbranched alkanes of at least 4 members (excludes halogenated alkanes) is 5. The molecule has 0 aromatic carbocycles. The third-order valence-corrected chi connectivity index (χ3v) is 3.32. The summed E-state index contributed by atoms with van der Waals surface area (Å²) < 4.78 is 0. The molecule has 6 nitrogen and oxygen atoms in total. The molecule has 0 saturated carbocycles. The van der Waals surface area contributed by atoms with Crippen molar-refractivity contribution in [2.24, 2.45) is 11.5 Å². The van der Waals surface area contributed by atoms with Crippen LogP contribution in [0.4, 0.5) is 0 Å². The van der Waals surface area contributed by atoms with E-state index < -0.39 is 11.9 Å². The van der Waals surface area contributed by atoms with E-state index in [2.05, 4.69) is 13.8 Å². The number of nitrogens with two attached hydrogens (primary N) is 2. The van der Waals surface area contributed by atoms with Gasteiger partial charge in [0.1, 0.15) is 0 Å². The van der Waals surface area contributed by atoms with Gasteiger partial charge in [0.2, 0.25) is 0 Å². The molecule has 0 bridgehead atoms. The highest BCUT2D eigenvalue weighted by molar-refractivity contribution is 5.66. The number of hydrogen-bond donors (Lipinski definition) is 4. The van der Waals surface area contributed by atoms with Crippen molar-refractivity contribution in [3.63, 3.8) is 0 Å². The molecule has 0 aliphatic heterocycles. The summed E-state index contributed by atoms with van der Waals surface area (Å²) in [5.41, 5.74) is 10.6. The molecule has 0 aromatic heterocycles. The van der Waals surface area contributed by atoms with Crippen LogP contribution in [0.25, 0.3) is 0 Å². The molecule has 0 rings (SSSR count). The summed E-state index contributed by atoms with van der Waals surface area (Å²) in [6.45, 7) is 8.15. The minimum Gasteiger partial charge on any atom is -0.481 e. The monoisotopic (exact) mass is 348 g/mol. The first kappa shape index (κ1) is 27.7. The van der Waals surface area contributed by atoms with Crippen LogP contribution < -0.4 is 11.5 Å². The minimum atomic E-state index is -0.740. The Kier molecular flexibility index (Phi) is 25.2. The molecule has 0 amide bonds. The summed E-state index contributed by atoms with van der Waals surface area (Å²) in [6.07, 6.45) is 7.99. The van der Waals surface area contributed by atoms with Crippen molar-refractivity contribution < 1.29 is 19.8 Å². The summed E-state index contributed by atoms with van der Waals surface area (Å²) in [5, 5.41) is 16.7. The van der Waals surface area contributed by atoms with Crippen LogP contribution in [0.3, 0.4) is 0 Å². The molecule has 2 unspecified atom stereocenters. The van der Waals surface area contributed by atoms with Crippen molar-refractivity contribution in [3.05, 3.63) is 0 Å². The van der Waals surface area contributed by atoms with Crippen LogP contribution in [0.1, 0.15) is 91.9 Å². The van der Waals surface area contributed by atoms with Gasteiger partial charge in [-0.25, -0.2) is 0 Å².